The third kappa shape index (κ3) is 4.29. The van der Waals surface area contributed by atoms with Crippen LogP contribution in [0.15, 0.2) is 18.2 Å². The lowest BCUT2D eigenvalue weighted by Gasteiger charge is -2.09. The van der Waals surface area contributed by atoms with Gasteiger partial charge in [0.25, 0.3) is 0 Å². The summed E-state index contributed by atoms with van der Waals surface area (Å²) in [6.45, 7) is 1.68. The number of nitrogens with one attached hydrogen (secondary N) is 1. The number of hydrogen-bond donors (Lipinski definition) is 1. The number of ether oxygens (including phenoxy) is 2. The van der Waals surface area contributed by atoms with Crippen molar-refractivity contribution in [3.8, 4) is 5.75 Å². The molecule has 0 radical (unpaired) electrons. The summed E-state index contributed by atoms with van der Waals surface area (Å²) in [7, 11) is 3.36. The maximum absolute atomic E-state index is 6.05. The van der Waals surface area contributed by atoms with Crippen LogP contribution in [0.3, 0.4) is 0 Å². The van der Waals surface area contributed by atoms with E-state index < -0.39 is 0 Å². The lowest BCUT2D eigenvalue weighted by Crippen LogP contribution is -2.03. The summed E-state index contributed by atoms with van der Waals surface area (Å²) >= 11 is 6.05. The van der Waals surface area contributed by atoms with Crippen molar-refractivity contribution in [2.24, 2.45) is 0 Å². The average Bonchev–Trinajstić information content (AvgIpc) is 2.31. The van der Waals surface area contributed by atoms with Gasteiger partial charge in [-0.1, -0.05) is 11.6 Å². The molecule has 3 nitrogen and oxygen atoms in total. The molecule has 0 saturated heterocycles. The molecule has 0 aliphatic carbocycles. The van der Waals surface area contributed by atoms with E-state index in [1.165, 1.54) is 0 Å². The van der Waals surface area contributed by atoms with E-state index in [0.717, 1.165) is 37.4 Å². The Hall–Kier alpha value is -0.930. The van der Waals surface area contributed by atoms with Crippen molar-refractivity contribution in [2.45, 2.75) is 12.8 Å². The van der Waals surface area contributed by atoms with Gasteiger partial charge in [0, 0.05) is 26.3 Å². The van der Waals surface area contributed by atoms with Crippen molar-refractivity contribution in [3.05, 3.63) is 23.2 Å². The second-order valence-electron chi connectivity index (χ2n) is 3.47. The Morgan fingerprint density at radius 1 is 1.25 bits per heavy atom. The molecule has 0 aliphatic rings. The zero-order valence-corrected chi connectivity index (χ0v) is 10.5. The molecule has 0 aliphatic heterocycles. The number of anilines is 1. The van der Waals surface area contributed by atoms with Crippen LogP contribution in [0.25, 0.3) is 0 Å². The van der Waals surface area contributed by atoms with E-state index in [2.05, 4.69) is 5.32 Å². The second-order valence-corrected chi connectivity index (χ2v) is 3.88. The fraction of sp³-hybridized carbons (Fsp3) is 0.500. The van der Waals surface area contributed by atoms with Crippen LogP contribution in [-0.4, -0.2) is 27.4 Å². The molecule has 0 unspecified atom stereocenters. The maximum Gasteiger partial charge on any atom is 0.121 e. The topological polar surface area (TPSA) is 30.5 Å². The van der Waals surface area contributed by atoms with Crippen LogP contribution in [0.5, 0.6) is 5.75 Å². The molecule has 4 heteroatoms. The van der Waals surface area contributed by atoms with Gasteiger partial charge >= 0.3 is 0 Å². The molecule has 16 heavy (non-hydrogen) atoms. The second kappa shape index (κ2) is 7.36. The monoisotopic (exact) mass is 243 g/mol. The number of rotatable bonds is 7. The molecule has 0 heterocycles. The first kappa shape index (κ1) is 13.1. The molecule has 0 saturated carbocycles. The molecule has 90 valence electrons. The van der Waals surface area contributed by atoms with Crippen LogP contribution in [0.2, 0.25) is 5.02 Å². The van der Waals surface area contributed by atoms with E-state index in [9.17, 15) is 0 Å². The number of benzene rings is 1. The van der Waals surface area contributed by atoms with Crippen LogP contribution in [0.1, 0.15) is 12.8 Å². The zero-order chi connectivity index (χ0) is 11.8. The van der Waals surface area contributed by atoms with Crippen molar-refractivity contribution >= 4 is 17.3 Å². The van der Waals surface area contributed by atoms with Crippen LogP contribution >= 0.6 is 11.6 Å². The van der Waals surface area contributed by atoms with Gasteiger partial charge in [0.15, 0.2) is 0 Å². The van der Waals surface area contributed by atoms with Gasteiger partial charge in [0.05, 0.1) is 17.8 Å². The van der Waals surface area contributed by atoms with Crippen LogP contribution in [-0.2, 0) is 4.74 Å². The lowest BCUT2D eigenvalue weighted by atomic mass is 10.2. The third-order valence-corrected chi connectivity index (χ3v) is 2.59. The van der Waals surface area contributed by atoms with E-state index in [4.69, 9.17) is 21.1 Å². The Kier molecular flexibility index (Phi) is 6.04. The molecule has 0 spiro atoms. The molecule has 0 atom stereocenters. The van der Waals surface area contributed by atoms with Crippen molar-refractivity contribution < 1.29 is 9.47 Å². The predicted molar refractivity (Wildman–Crippen MR) is 67.6 cm³/mol. The largest absolute Gasteiger partial charge is 0.497 e. The van der Waals surface area contributed by atoms with Crippen molar-refractivity contribution in [3.63, 3.8) is 0 Å². The Morgan fingerprint density at radius 3 is 2.75 bits per heavy atom. The lowest BCUT2D eigenvalue weighted by molar-refractivity contribution is 0.194. The summed E-state index contributed by atoms with van der Waals surface area (Å²) in [5, 5.41) is 3.99. The summed E-state index contributed by atoms with van der Waals surface area (Å²) in [5.74, 6) is 0.809. The van der Waals surface area contributed by atoms with Gasteiger partial charge in [-0.2, -0.15) is 0 Å². The highest BCUT2D eigenvalue weighted by atomic mass is 35.5. The van der Waals surface area contributed by atoms with E-state index in [1.54, 1.807) is 14.2 Å². The van der Waals surface area contributed by atoms with Gasteiger partial charge in [-0.25, -0.2) is 0 Å². The molecule has 0 bridgehead atoms. The highest BCUT2D eigenvalue weighted by molar-refractivity contribution is 6.33. The molecule has 1 N–H and O–H groups in total. The van der Waals surface area contributed by atoms with Crippen molar-refractivity contribution in [2.75, 3.05) is 32.7 Å². The SMILES string of the molecule is COCCCCNc1cc(OC)ccc1Cl. The number of methoxy groups -OCH3 is 2. The van der Waals surface area contributed by atoms with Gasteiger partial charge in [-0.05, 0) is 25.0 Å². The molecule has 0 aromatic heterocycles. The van der Waals surface area contributed by atoms with Gasteiger partial charge in [0.2, 0.25) is 0 Å². The third-order valence-electron chi connectivity index (χ3n) is 2.26. The predicted octanol–water partition coefficient (Wildman–Crippen LogP) is 3.19. The van der Waals surface area contributed by atoms with Crippen LogP contribution in [0, 0.1) is 0 Å². The van der Waals surface area contributed by atoms with Crippen LogP contribution in [0.4, 0.5) is 5.69 Å². The average molecular weight is 244 g/mol. The molecular weight excluding hydrogens is 226 g/mol. The fourth-order valence-corrected chi connectivity index (χ4v) is 1.55. The smallest absolute Gasteiger partial charge is 0.121 e. The first-order valence-electron chi connectivity index (χ1n) is 5.34. The minimum atomic E-state index is 0.715. The molecule has 0 fully saturated rings. The number of halogens is 1. The highest BCUT2D eigenvalue weighted by Crippen LogP contribution is 2.26. The highest BCUT2D eigenvalue weighted by Gasteiger charge is 2.01. The molecule has 1 rings (SSSR count). The quantitative estimate of drug-likeness (QED) is 0.746. The van der Waals surface area contributed by atoms with E-state index in [0.29, 0.717) is 5.02 Å². The normalized spacial score (nSPS) is 10.2. The number of unbranched alkanes of at least 4 members (excludes halogenated alkanes) is 1. The van der Waals surface area contributed by atoms with Gasteiger partial charge in [-0.15, -0.1) is 0 Å². The first-order valence-corrected chi connectivity index (χ1v) is 5.72. The molecular formula is C12H18ClNO2. The first-order chi connectivity index (χ1) is 7.77. The Labute approximate surface area is 102 Å². The maximum atomic E-state index is 6.05. The minimum absolute atomic E-state index is 0.715. The summed E-state index contributed by atoms with van der Waals surface area (Å²) in [6.07, 6.45) is 2.10. The van der Waals surface area contributed by atoms with Crippen molar-refractivity contribution in [1.29, 1.82) is 0 Å². The van der Waals surface area contributed by atoms with Gasteiger partial charge in [-0.3, -0.25) is 0 Å². The summed E-state index contributed by atoms with van der Waals surface area (Å²) in [5.41, 5.74) is 0.915. The number of hydrogen-bond acceptors (Lipinski definition) is 3. The Morgan fingerprint density at radius 2 is 2.06 bits per heavy atom. The standard InChI is InChI=1S/C12H18ClNO2/c1-15-8-4-3-7-14-12-9-10(16-2)5-6-11(12)13/h5-6,9,14H,3-4,7-8H2,1-2H3. The van der Waals surface area contributed by atoms with Crippen LogP contribution < -0.4 is 10.1 Å². The van der Waals surface area contributed by atoms with Gasteiger partial charge < -0.3 is 14.8 Å². The van der Waals surface area contributed by atoms with E-state index in [-0.39, 0.29) is 0 Å². The van der Waals surface area contributed by atoms with Crippen molar-refractivity contribution in [1.82, 2.24) is 0 Å². The van der Waals surface area contributed by atoms with E-state index >= 15 is 0 Å². The summed E-state index contributed by atoms with van der Waals surface area (Å²) in [4.78, 5) is 0. The Bertz CT molecular complexity index is 318. The summed E-state index contributed by atoms with van der Waals surface area (Å²) < 4.78 is 10.1. The van der Waals surface area contributed by atoms with Gasteiger partial charge in [0.1, 0.15) is 5.75 Å². The van der Waals surface area contributed by atoms with E-state index in [1.807, 2.05) is 18.2 Å². The fourth-order valence-electron chi connectivity index (χ4n) is 1.36. The molecule has 1 aromatic carbocycles. The molecule has 1 aromatic rings. The minimum Gasteiger partial charge on any atom is -0.497 e. The Balaban J connectivity index is 2.40. The summed E-state index contributed by atoms with van der Waals surface area (Å²) in [6, 6.07) is 5.58. The molecule has 0 amide bonds. The zero-order valence-electron chi connectivity index (χ0n) is 9.75.